The number of H-pyrrole nitrogens is 1. The number of nitro groups is 1. The van der Waals surface area contributed by atoms with Crippen LogP contribution in [0.4, 0.5) is 5.69 Å². The third-order valence-corrected chi connectivity index (χ3v) is 2.73. The van der Waals surface area contributed by atoms with Crippen LogP contribution in [-0.4, -0.2) is 27.0 Å². The lowest BCUT2D eigenvalue weighted by Crippen LogP contribution is -2.32. The van der Waals surface area contributed by atoms with Crippen LogP contribution >= 0.6 is 0 Å². The van der Waals surface area contributed by atoms with Crippen molar-refractivity contribution in [2.24, 2.45) is 5.73 Å². The molecule has 0 amide bonds. The number of para-hydroxylation sites is 1. The number of benzene rings is 1. The number of rotatable bonds is 4. The van der Waals surface area contributed by atoms with E-state index in [0.717, 1.165) is 0 Å². The molecule has 0 saturated carbocycles. The second kappa shape index (κ2) is 4.46. The van der Waals surface area contributed by atoms with Gasteiger partial charge in [-0.1, -0.05) is 12.1 Å². The van der Waals surface area contributed by atoms with E-state index in [4.69, 9.17) is 10.8 Å². The second-order valence-electron chi connectivity index (χ2n) is 3.92. The summed E-state index contributed by atoms with van der Waals surface area (Å²) in [7, 11) is 0. The van der Waals surface area contributed by atoms with Crippen LogP contribution in [0.1, 0.15) is 5.56 Å². The molecule has 2 aromatic rings. The van der Waals surface area contributed by atoms with Gasteiger partial charge >= 0.3 is 5.97 Å². The van der Waals surface area contributed by atoms with E-state index in [1.807, 2.05) is 0 Å². The van der Waals surface area contributed by atoms with Gasteiger partial charge in [-0.3, -0.25) is 14.9 Å². The number of hydrogen-bond donors (Lipinski definition) is 3. The quantitative estimate of drug-likeness (QED) is 0.551. The Morgan fingerprint density at radius 1 is 1.56 bits per heavy atom. The van der Waals surface area contributed by atoms with Crippen LogP contribution in [0.5, 0.6) is 0 Å². The zero-order chi connectivity index (χ0) is 13.3. The molecule has 4 N–H and O–H groups in total. The number of carboxylic acids is 1. The minimum Gasteiger partial charge on any atom is -0.480 e. The van der Waals surface area contributed by atoms with Crippen LogP contribution in [0.3, 0.4) is 0 Å². The highest BCUT2D eigenvalue weighted by atomic mass is 16.6. The summed E-state index contributed by atoms with van der Waals surface area (Å²) in [6.45, 7) is 0. The van der Waals surface area contributed by atoms with Crippen LogP contribution in [0.2, 0.25) is 0 Å². The third kappa shape index (κ3) is 2.03. The summed E-state index contributed by atoms with van der Waals surface area (Å²) in [6.07, 6.45) is 1.68. The molecule has 0 radical (unpaired) electrons. The van der Waals surface area contributed by atoms with Gasteiger partial charge in [-0.15, -0.1) is 0 Å². The fourth-order valence-electron chi connectivity index (χ4n) is 1.84. The molecule has 0 unspecified atom stereocenters. The van der Waals surface area contributed by atoms with E-state index in [1.54, 1.807) is 18.3 Å². The van der Waals surface area contributed by atoms with Crippen LogP contribution in [-0.2, 0) is 11.2 Å². The van der Waals surface area contributed by atoms with E-state index in [0.29, 0.717) is 16.5 Å². The molecular formula is C11H11N3O4. The first-order valence-electron chi connectivity index (χ1n) is 5.22. The maximum atomic E-state index is 10.8. The van der Waals surface area contributed by atoms with Crippen LogP contribution in [0.25, 0.3) is 10.9 Å². The molecule has 1 aromatic carbocycles. The number of carboxylic acid groups (broad SMARTS) is 1. The summed E-state index contributed by atoms with van der Waals surface area (Å²) in [5.74, 6) is -1.10. The topological polar surface area (TPSA) is 122 Å². The number of aromatic amines is 1. The third-order valence-electron chi connectivity index (χ3n) is 2.73. The molecule has 18 heavy (non-hydrogen) atoms. The first-order valence-corrected chi connectivity index (χ1v) is 5.22. The predicted octanol–water partition coefficient (Wildman–Crippen LogP) is 1.03. The van der Waals surface area contributed by atoms with Gasteiger partial charge in [0.05, 0.1) is 4.92 Å². The van der Waals surface area contributed by atoms with Crippen molar-refractivity contribution in [1.29, 1.82) is 0 Å². The standard InChI is InChI=1S/C11H11N3O4/c12-8(11(15)16)4-6-5-13-10-7(6)2-1-3-9(10)14(17)18/h1-3,5,8,13H,4,12H2,(H,15,16)/t8-/m1/s1. The number of nitrogens with zero attached hydrogens (tertiary/aromatic N) is 1. The highest BCUT2D eigenvalue weighted by molar-refractivity contribution is 5.91. The Balaban J connectivity index is 2.46. The second-order valence-corrected chi connectivity index (χ2v) is 3.92. The summed E-state index contributed by atoms with van der Waals surface area (Å²) < 4.78 is 0. The van der Waals surface area contributed by atoms with Gasteiger partial charge in [-0.05, 0) is 5.56 Å². The van der Waals surface area contributed by atoms with Crippen molar-refractivity contribution in [3.63, 3.8) is 0 Å². The molecule has 1 aromatic heterocycles. The van der Waals surface area contributed by atoms with Gasteiger partial charge in [0.2, 0.25) is 0 Å². The number of non-ortho nitro benzene ring substituents is 1. The number of fused-ring (bicyclic) bond motifs is 1. The van der Waals surface area contributed by atoms with Crippen molar-refractivity contribution in [2.75, 3.05) is 0 Å². The number of carbonyl (C=O) groups is 1. The monoisotopic (exact) mass is 249 g/mol. The molecule has 0 aliphatic heterocycles. The molecule has 0 bridgehead atoms. The lowest BCUT2D eigenvalue weighted by atomic mass is 10.1. The maximum absolute atomic E-state index is 10.8. The van der Waals surface area contributed by atoms with Crippen LogP contribution in [0, 0.1) is 10.1 Å². The van der Waals surface area contributed by atoms with Crippen molar-refractivity contribution in [3.8, 4) is 0 Å². The van der Waals surface area contributed by atoms with Gasteiger partial charge in [0, 0.05) is 24.1 Å². The van der Waals surface area contributed by atoms with Gasteiger partial charge in [-0.2, -0.15) is 0 Å². The first kappa shape index (κ1) is 12.1. The Hall–Kier alpha value is -2.41. The fraction of sp³-hybridized carbons (Fsp3) is 0.182. The van der Waals surface area contributed by atoms with E-state index in [1.165, 1.54) is 6.07 Å². The lowest BCUT2D eigenvalue weighted by Gasteiger charge is -2.04. The number of nitro benzene ring substituents is 1. The van der Waals surface area contributed by atoms with Crippen molar-refractivity contribution >= 4 is 22.6 Å². The number of nitrogens with two attached hydrogens (primary N) is 1. The van der Waals surface area contributed by atoms with E-state index in [9.17, 15) is 14.9 Å². The Kier molecular flexibility index (Phi) is 2.99. The summed E-state index contributed by atoms with van der Waals surface area (Å²) in [4.78, 5) is 23.8. The Morgan fingerprint density at radius 2 is 2.28 bits per heavy atom. The Bertz CT molecular complexity index is 620. The van der Waals surface area contributed by atoms with E-state index < -0.39 is 16.9 Å². The Morgan fingerprint density at radius 3 is 2.89 bits per heavy atom. The average molecular weight is 249 g/mol. The lowest BCUT2D eigenvalue weighted by molar-refractivity contribution is -0.383. The minimum absolute atomic E-state index is 0.0392. The fourth-order valence-corrected chi connectivity index (χ4v) is 1.84. The number of aromatic nitrogens is 1. The maximum Gasteiger partial charge on any atom is 0.320 e. The van der Waals surface area contributed by atoms with Crippen molar-refractivity contribution < 1.29 is 14.8 Å². The average Bonchev–Trinajstić information content (AvgIpc) is 2.72. The number of hydrogen-bond acceptors (Lipinski definition) is 4. The Labute approximate surface area is 101 Å². The van der Waals surface area contributed by atoms with Crippen molar-refractivity contribution in [3.05, 3.63) is 40.1 Å². The largest absolute Gasteiger partial charge is 0.480 e. The molecule has 1 atom stereocenters. The molecule has 0 spiro atoms. The van der Waals surface area contributed by atoms with Gasteiger partial charge in [-0.25, -0.2) is 0 Å². The van der Waals surface area contributed by atoms with Crippen LogP contribution < -0.4 is 5.73 Å². The number of nitrogens with one attached hydrogen (secondary N) is 1. The van der Waals surface area contributed by atoms with Gasteiger partial charge in [0.1, 0.15) is 11.6 Å². The van der Waals surface area contributed by atoms with E-state index >= 15 is 0 Å². The zero-order valence-electron chi connectivity index (χ0n) is 9.29. The molecule has 0 saturated heterocycles. The highest BCUT2D eigenvalue weighted by Crippen LogP contribution is 2.27. The van der Waals surface area contributed by atoms with Crippen molar-refractivity contribution in [2.45, 2.75) is 12.5 Å². The summed E-state index contributed by atoms with van der Waals surface area (Å²) in [5, 5.41) is 20.2. The zero-order valence-corrected chi connectivity index (χ0v) is 9.29. The molecular weight excluding hydrogens is 238 g/mol. The molecule has 7 heteroatoms. The summed E-state index contributed by atoms with van der Waals surface area (Å²) >= 11 is 0. The SMILES string of the molecule is N[C@H](Cc1c[nH]c2c([N+](=O)[O-])cccc12)C(=O)O. The molecule has 0 aliphatic rings. The molecule has 2 rings (SSSR count). The highest BCUT2D eigenvalue weighted by Gasteiger charge is 2.18. The van der Waals surface area contributed by atoms with E-state index in [-0.39, 0.29) is 12.1 Å². The molecule has 1 heterocycles. The molecule has 0 fully saturated rings. The van der Waals surface area contributed by atoms with Gasteiger partial charge in [0.15, 0.2) is 0 Å². The predicted molar refractivity (Wildman–Crippen MR) is 64.3 cm³/mol. The van der Waals surface area contributed by atoms with Crippen LogP contribution in [0.15, 0.2) is 24.4 Å². The first-order chi connectivity index (χ1) is 8.50. The van der Waals surface area contributed by atoms with E-state index in [2.05, 4.69) is 4.98 Å². The minimum atomic E-state index is -1.10. The number of aliphatic carboxylic acids is 1. The summed E-state index contributed by atoms with van der Waals surface area (Å²) in [5.41, 5.74) is 6.45. The van der Waals surface area contributed by atoms with Gasteiger partial charge < -0.3 is 15.8 Å². The summed E-state index contributed by atoms with van der Waals surface area (Å²) in [6, 6.07) is 3.62. The normalized spacial score (nSPS) is 12.5. The van der Waals surface area contributed by atoms with Gasteiger partial charge in [0.25, 0.3) is 5.69 Å². The smallest absolute Gasteiger partial charge is 0.320 e. The molecule has 7 nitrogen and oxygen atoms in total. The molecule has 0 aliphatic carbocycles. The van der Waals surface area contributed by atoms with Crippen molar-refractivity contribution in [1.82, 2.24) is 4.98 Å². The molecule has 94 valence electrons.